The fourth-order valence-electron chi connectivity index (χ4n) is 2.46. The molecular weight excluding hydrogens is 280 g/mol. The van der Waals surface area contributed by atoms with Crippen LogP contribution in [0.25, 0.3) is 5.78 Å². The second kappa shape index (κ2) is 5.34. The van der Waals surface area contributed by atoms with Crippen LogP contribution in [-0.2, 0) is 11.2 Å². The van der Waals surface area contributed by atoms with Crippen LogP contribution in [-0.4, -0.2) is 37.5 Å². The highest BCUT2D eigenvalue weighted by Crippen LogP contribution is 2.32. The topological polar surface area (TPSA) is 72.2 Å². The monoisotopic (exact) mass is 295 g/mol. The highest BCUT2D eigenvalue weighted by atomic mass is 19.3. The third kappa shape index (κ3) is 3.32. The summed E-state index contributed by atoms with van der Waals surface area (Å²) in [6.07, 6.45) is 3.58. The van der Waals surface area contributed by atoms with E-state index in [4.69, 9.17) is 0 Å². The molecule has 0 spiro atoms. The van der Waals surface area contributed by atoms with Crippen molar-refractivity contribution < 1.29 is 13.6 Å². The highest BCUT2D eigenvalue weighted by molar-refractivity contribution is 5.78. The molecule has 2 heterocycles. The van der Waals surface area contributed by atoms with Gasteiger partial charge in [0.15, 0.2) is 5.82 Å². The molecule has 2 aromatic rings. The Labute approximate surface area is 119 Å². The van der Waals surface area contributed by atoms with Crippen molar-refractivity contribution in [2.75, 3.05) is 0 Å². The van der Waals surface area contributed by atoms with Crippen molar-refractivity contribution in [2.45, 2.75) is 44.1 Å². The average Bonchev–Trinajstić information content (AvgIpc) is 2.83. The summed E-state index contributed by atoms with van der Waals surface area (Å²) in [5, 5.41) is 6.90. The van der Waals surface area contributed by atoms with E-state index < -0.39 is 5.92 Å². The number of rotatable bonds is 3. The van der Waals surface area contributed by atoms with Crippen LogP contribution >= 0.6 is 0 Å². The first-order valence-electron chi connectivity index (χ1n) is 6.85. The Hall–Kier alpha value is -2.12. The first-order chi connectivity index (χ1) is 10.0. The zero-order chi connectivity index (χ0) is 14.9. The van der Waals surface area contributed by atoms with Crippen LogP contribution in [0.4, 0.5) is 8.78 Å². The van der Waals surface area contributed by atoms with Gasteiger partial charge in [-0.2, -0.15) is 4.98 Å². The Morgan fingerprint density at radius 3 is 2.90 bits per heavy atom. The van der Waals surface area contributed by atoms with Crippen LogP contribution in [0.3, 0.4) is 0 Å². The number of hydrogen-bond acceptors (Lipinski definition) is 4. The number of carbonyl (C=O) groups excluding carboxylic acids is 1. The summed E-state index contributed by atoms with van der Waals surface area (Å²) in [7, 11) is 0. The van der Waals surface area contributed by atoms with Gasteiger partial charge >= 0.3 is 0 Å². The molecule has 2 aromatic heterocycles. The maximum Gasteiger partial charge on any atom is 0.252 e. The van der Waals surface area contributed by atoms with Crippen LogP contribution in [0.2, 0.25) is 0 Å². The molecule has 0 radical (unpaired) electrons. The standard InChI is InChI=1S/C13H15F2N5O/c14-13(15)4-2-9(3-5-13)17-11(21)8-10-18-12-16-6-1-7-20(12)19-10/h1,6-7,9H,2-5,8H2,(H,17,21). The van der Waals surface area contributed by atoms with Gasteiger partial charge in [0.05, 0.1) is 6.42 Å². The predicted octanol–water partition coefficient (Wildman–Crippen LogP) is 1.36. The van der Waals surface area contributed by atoms with Crippen LogP contribution in [0.1, 0.15) is 31.5 Å². The molecule has 0 atom stereocenters. The molecule has 0 bridgehead atoms. The summed E-state index contributed by atoms with van der Waals surface area (Å²) in [6.45, 7) is 0. The Morgan fingerprint density at radius 1 is 1.43 bits per heavy atom. The summed E-state index contributed by atoms with van der Waals surface area (Å²) < 4.78 is 27.6. The summed E-state index contributed by atoms with van der Waals surface area (Å²) >= 11 is 0. The van der Waals surface area contributed by atoms with Crippen molar-refractivity contribution in [1.82, 2.24) is 24.9 Å². The van der Waals surface area contributed by atoms with Crippen molar-refractivity contribution in [3.63, 3.8) is 0 Å². The molecule has 0 aromatic carbocycles. The number of carbonyl (C=O) groups is 1. The largest absolute Gasteiger partial charge is 0.353 e. The van der Waals surface area contributed by atoms with Crippen LogP contribution < -0.4 is 5.32 Å². The van der Waals surface area contributed by atoms with Crippen molar-refractivity contribution in [3.05, 3.63) is 24.3 Å². The van der Waals surface area contributed by atoms with Gasteiger partial charge in [-0.05, 0) is 18.9 Å². The van der Waals surface area contributed by atoms with Gasteiger partial charge in [0, 0.05) is 31.3 Å². The van der Waals surface area contributed by atoms with E-state index in [1.807, 2.05) is 0 Å². The summed E-state index contributed by atoms with van der Waals surface area (Å²) in [5.41, 5.74) is 0. The van der Waals surface area contributed by atoms with Crippen molar-refractivity contribution >= 4 is 11.7 Å². The number of aromatic nitrogens is 4. The molecule has 0 unspecified atom stereocenters. The molecule has 0 saturated heterocycles. The number of amides is 1. The molecule has 1 saturated carbocycles. The second-order valence-electron chi connectivity index (χ2n) is 5.27. The molecule has 3 rings (SSSR count). The Kier molecular flexibility index (Phi) is 3.52. The van der Waals surface area contributed by atoms with E-state index in [0.717, 1.165) is 0 Å². The lowest BCUT2D eigenvalue weighted by molar-refractivity contribution is -0.122. The van der Waals surface area contributed by atoms with Crippen LogP contribution in [0.5, 0.6) is 0 Å². The lowest BCUT2D eigenvalue weighted by Crippen LogP contribution is -2.41. The molecule has 1 aliphatic rings. The molecule has 0 aliphatic heterocycles. The SMILES string of the molecule is O=C(Cc1nc2ncccn2n1)NC1CCC(F)(F)CC1. The lowest BCUT2D eigenvalue weighted by Gasteiger charge is -2.28. The molecule has 6 nitrogen and oxygen atoms in total. The maximum absolute atomic E-state index is 13.0. The van der Waals surface area contributed by atoms with E-state index in [1.165, 1.54) is 4.52 Å². The van der Waals surface area contributed by atoms with E-state index in [0.29, 0.717) is 24.4 Å². The molecule has 112 valence electrons. The minimum atomic E-state index is -2.59. The summed E-state index contributed by atoms with van der Waals surface area (Å²) in [6, 6.07) is 1.53. The van der Waals surface area contributed by atoms with Crippen LogP contribution in [0, 0.1) is 0 Å². The van der Waals surface area contributed by atoms with Gasteiger partial charge in [0.1, 0.15) is 0 Å². The van der Waals surface area contributed by atoms with Gasteiger partial charge in [0.25, 0.3) is 5.78 Å². The molecular formula is C13H15F2N5O. The van der Waals surface area contributed by atoms with Gasteiger partial charge in [-0.1, -0.05) is 0 Å². The van der Waals surface area contributed by atoms with Crippen molar-refractivity contribution in [3.8, 4) is 0 Å². The minimum absolute atomic E-state index is 0.0241. The van der Waals surface area contributed by atoms with E-state index in [1.54, 1.807) is 18.5 Å². The van der Waals surface area contributed by atoms with Gasteiger partial charge in [-0.3, -0.25) is 4.79 Å². The zero-order valence-corrected chi connectivity index (χ0v) is 11.3. The van der Waals surface area contributed by atoms with E-state index in [9.17, 15) is 13.6 Å². The summed E-state index contributed by atoms with van der Waals surface area (Å²) in [4.78, 5) is 20.1. The lowest BCUT2D eigenvalue weighted by atomic mass is 9.92. The first kappa shape index (κ1) is 13.8. The van der Waals surface area contributed by atoms with Crippen molar-refractivity contribution in [2.24, 2.45) is 0 Å². The number of halogens is 2. The number of hydrogen-bond donors (Lipinski definition) is 1. The molecule has 8 heteroatoms. The number of alkyl halides is 2. The number of nitrogens with one attached hydrogen (secondary N) is 1. The first-order valence-corrected chi connectivity index (χ1v) is 6.85. The maximum atomic E-state index is 13.0. The second-order valence-corrected chi connectivity index (χ2v) is 5.27. The number of nitrogens with zero attached hydrogens (tertiary/aromatic N) is 4. The smallest absolute Gasteiger partial charge is 0.252 e. The Bertz CT molecular complexity index is 614. The normalized spacial score (nSPS) is 18.8. The minimum Gasteiger partial charge on any atom is -0.353 e. The predicted molar refractivity (Wildman–Crippen MR) is 69.8 cm³/mol. The van der Waals surface area contributed by atoms with Gasteiger partial charge in [0.2, 0.25) is 11.8 Å². The van der Waals surface area contributed by atoms with E-state index >= 15 is 0 Å². The molecule has 1 fully saturated rings. The Balaban J connectivity index is 1.57. The Morgan fingerprint density at radius 2 is 2.19 bits per heavy atom. The zero-order valence-electron chi connectivity index (χ0n) is 11.3. The molecule has 21 heavy (non-hydrogen) atoms. The molecule has 1 N–H and O–H groups in total. The van der Waals surface area contributed by atoms with Crippen LogP contribution in [0.15, 0.2) is 18.5 Å². The van der Waals surface area contributed by atoms with E-state index in [2.05, 4.69) is 20.4 Å². The van der Waals surface area contributed by atoms with Gasteiger partial charge in [-0.15, -0.1) is 5.10 Å². The third-order valence-electron chi connectivity index (χ3n) is 3.56. The fourth-order valence-corrected chi connectivity index (χ4v) is 2.46. The van der Waals surface area contributed by atoms with Gasteiger partial charge < -0.3 is 5.32 Å². The average molecular weight is 295 g/mol. The van der Waals surface area contributed by atoms with Gasteiger partial charge in [-0.25, -0.2) is 18.3 Å². The highest BCUT2D eigenvalue weighted by Gasteiger charge is 2.35. The van der Waals surface area contributed by atoms with E-state index in [-0.39, 0.29) is 31.2 Å². The number of fused-ring (bicyclic) bond motifs is 1. The quantitative estimate of drug-likeness (QED) is 0.928. The fraction of sp³-hybridized carbons (Fsp3) is 0.538. The summed E-state index contributed by atoms with van der Waals surface area (Å²) in [5.74, 6) is -2.04. The third-order valence-corrected chi connectivity index (χ3v) is 3.56. The molecule has 1 aliphatic carbocycles. The molecule has 1 amide bonds. The van der Waals surface area contributed by atoms with Crippen molar-refractivity contribution in [1.29, 1.82) is 0 Å².